The van der Waals surface area contributed by atoms with Crippen LogP contribution in [0.3, 0.4) is 0 Å². The summed E-state index contributed by atoms with van der Waals surface area (Å²) in [7, 11) is 3.27. The van der Waals surface area contributed by atoms with E-state index in [0.717, 1.165) is 28.1 Å². The van der Waals surface area contributed by atoms with Crippen LogP contribution in [0.2, 0.25) is 0 Å². The quantitative estimate of drug-likeness (QED) is 0.939. The van der Waals surface area contributed by atoms with E-state index in [1.165, 1.54) is 0 Å². The summed E-state index contributed by atoms with van der Waals surface area (Å²) in [4.78, 5) is 6.64. The maximum absolute atomic E-state index is 10.6. The number of fused-ring (bicyclic) bond motifs is 1. The highest BCUT2D eigenvalue weighted by molar-refractivity contribution is 5.51. The standard InChI is InChI=1S/C18H22N2O3/c1-12-5-4-8-19-14(12)10-20-9-13-16(22-2)6-7-17(23-3)18(13)15(21)11-20/h4-8,15,21H,9-11H2,1-3H3. The lowest BCUT2D eigenvalue weighted by Gasteiger charge is -2.34. The predicted molar refractivity (Wildman–Crippen MR) is 87.6 cm³/mol. The lowest BCUT2D eigenvalue weighted by Crippen LogP contribution is -2.34. The molecule has 0 amide bonds. The summed E-state index contributed by atoms with van der Waals surface area (Å²) in [6.07, 6.45) is 1.20. The molecule has 122 valence electrons. The monoisotopic (exact) mass is 314 g/mol. The molecule has 0 bridgehead atoms. The zero-order chi connectivity index (χ0) is 16.4. The van der Waals surface area contributed by atoms with Crippen molar-refractivity contribution in [2.75, 3.05) is 20.8 Å². The van der Waals surface area contributed by atoms with Crippen molar-refractivity contribution >= 4 is 0 Å². The first-order valence-corrected chi connectivity index (χ1v) is 7.68. The van der Waals surface area contributed by atoms with E-state index in [2.05, 4.69) is 22.9 Å². The number of aliphatic hydroxyl groups is 1. The number of aryl methyl sites for hydroxylation is 1. The van der Waals surface area contributed by atoms with Gasteiger partial charge in [0.25, 0.3) is 0 Å². The van der Waals surface area contributed by atoms with Crippen molar-refractivity contribution in [2.24, 2.45) is 0 Å². The van der Waals surface area contributed by atoms with Gasteiger partial charge in [0.15, 0.2) is 0 Å². The lowest BCUT2D eigenvalue weighted by molar-refractivity contribution is 0.0835. The summed E-state index contributed by atoms with van der Waals surface area (Å²) in [6, 6.07) is 7.73. The van der Waals surface area contributed by atoms with Crippen LogP contribution in [0.4, 0.5) is 0 Å². The number of β-amino-alcohol motifs (C(OH)–C–C–N with tert-alkyl or cyclic N) is 1. The largest absolute Gasteiger partial charge is 0.496 e. The Labute approximate surface area is 136 Å². The van der Waals surface area contributed by atoms with Gasteiger partial charge in [-0.2, -0.15) is 0 Å². The Kier molecular flexibility index (Phi) is 4.50. The molecule has 5 nitrogen and oxygen atoms in total. The van der Waals surface area contributed by atoms with Gasteiger partial charge in [0.1, 0.15) is 11.5 Å². The molecule has 1 unspecified atom stereocenters. The van der Waals surface area contributed by atoms with Crippen LogP contribution < -0.4 is 9.47 Å². The second-order valence-corrected chi connectivity index (χ2v) is 5.81. The molecular weight excluding hydrogens is 292 g/mol. The fraction of sp³-hybridized carbons (Fsp3) is 0.389. The molecule has 1 N–H and O–H groups in total. The van der Waals surface area contributed by atoms with Gasteiger partial charge in [0.2, 0.25) is 0 Å². The number of methoxy groups -OCH3 is 2. The Balaban J connectivity index is 1.92. The van der Waals surface area contributed by atoms with Crippen LogP contribution in [-0.2, 0) is 13.1 Å². The van der Waals surface area contributed by atoms with E-state index in [0.29, 0.717) is 25.4 Å². The number of rotatable bonds is 4. The third-order valence-electron chi connectivity index (χ3n) is 4.35. The summed E-state index contributed by atoms with van der Waals surface area (Å²) >= 11 is 0. The number of pyridine rings is 1. The van der Waals surface area contributed by atoms with E-state index in [1.807, 2.05) is 18.2 Å². The van der Waals surface area contributed by atoms with Crippen LogP contribution >= 0.6 is 0 Å². The molecule has 0 saturated carbocycles. The van der Waals surface area contributed by atoms with Crippen LogP contribution in [-0.4, -0.2) is 35.8 Å². The molecule has 0 radical (unpaired) electrons. The second kappa shape index (κ2) is 6.56. The zero-order valence-electron chi connectivity index (χ0n) is 13.7. The smallest absolute Gasteiger partial charge is 0.125 e. The molecule has 3 rings (SSSR count). The lowest BCUT2D eigenvalue weighted by atomic mass is 9.95. The molecule has 0 aliphatic carbocycles. The van der Waals surface area contributed by atoms with Crippen molar-refractivity contribution in [3.8, 4) is 11.5 Å². The number of nitrogens with zero attached hydrogens (tertiary/aromatic N) is 2. The number of hydrogen-bond acceptors (Lipinski definition) is 5. The van der Waals surface area contributed by atoms with E-state index in [4.69, 9.17) is 9.47 Å². The fourth-order valence-electron chi connectivity index (χ4n) is 3.16. The van der Waals surface area contributed by atoms with Crippen LogP contribution in [0.5, 0.6) is 11.5 Å². The van der Waals surface area contributed by atoms with Gasteiger partial charge in [-0.25, -0.2) is 0 Å². The number of aliphatic hydroxyl groups excluding tert-OH is 1. The average molecular weight is 314 g/mol. The highest BCUT2D eigenvalue weighted by Crippen LogP contribution is 2.39. The summed E-state index contributed by atoms with van der Waals surface area (Å²) < 4.78 is 10.9. The molecule has 1 aromatic carbocycles. The Morgan fingerprint density at radius 1 is 1.22 bits per heavy atom. The van der Waals surface area contributed by atoms with Crippen molar-refractivity contribution in [3.05, 3.63) is 52.8 Å². The molecule has 1 aliphatic heterocycles. The van der Waals surface area contributed by atoms with Crippen LogP contribution in [0.1, 0.15) is 28.5 Å². The molecule has 0 fully saturated rings. The minimum Gasteiger partial charge on any atom is -0.496 e. The van der Waals surface area contributed by atoms with Crippen molar-refractivity contribution in [1.82, 2.24) is 9.88 Å². The molecule has 5 heteroatoms. The predicted octanol–water partition coefficient (Wildman–Crippen LogP) is 2.46. The Morgan fingerprint density at radius 3 is 2.65 bits per heavy atom. The first kappa shape index (κ1) is 15.8. The Hall–Kier alpha value is -2.11. The first-order valence-electron chi connectivity index (χ1n) is 7.68. The van der Waals surface area contributed by atoms with Crippen molar-refractivity contribution in [1.29, 1.82) is 0 Å². The van der Waals surface area contributed by atoms with Gasteiger partial charge >= 0.3 is 0 Å². The topological polar surface area (TPSA) is 54.8 Å². The first-order chi connectivity index (χ1) is 11.1. The van der Waals surface area contributed by atoms with Crippen molar-refractivity contribution < 1.29 is 14.6 Å². The normalized spacial score (nSPS) is 17.7. The maximum atomic E-state index is 10.6. The summed E-state index contributed by atoms with van der Waals surface area (Å²) in [5.41, 5.74) is 4.01. The highest BCUT2D eigenvalue weighted by atomic mass is 16.5. The third-order valence-corrected chi connectivity index (χ3v) is 4.35. The van der Waals surface area contributed by atoms with E-state index in [9.17, 15) is 5.11 Å². The van der Waals surface area contributed by atoms with Gasteiger partial charge in [-0.3, -0.25) is 9.88 Å². The molecule has 2 heterocycles. The van der Waals surface area contributed by atoms with Crippen molar-refractivity contribution in [3.63, 3.8) is 0 Å². The zero-order valence-corrected chi connectivity index (χ0v) is 13.7. The minimum atomic E-state index is -0.604. The third kappa shape index (κ3) is 3.02. The molecular formula is C18H22N2O3. The molecule has 23 heavy (non-hydrogen) atoms. The van der Waals surface area contributed by atoms with Crippen LogP contribution in [0.15, 0.2) is 30.5 Å². The maximum Gasteiger partial charge on any atom is 0.125 e. The van der Waals surface area contributed by atoms with E-state index in [1.54, 1.807) is 20.4 Å². The molecule has 1 aliphatic rings. The Morgan fingerprint density at radius 2 is 1.96 bits per heavy atom. The fourth-order valence-corrected chi connectivity index (χ4v) is 3.16. The van der Waals surface area contributed by atoms with E-state index >= 15 is 0 Å². The Bertz CT molecular complexity index is 703. The number of ether oxygens (including phenoxy) is 2. The van der Waals surface area contributed by atoms with Crippen LogP contribution in [0.25, 0.3) is 0 Å². The SMILES string of the molecule is COc1ccc(OC)c2c1CN(Cc1ncccc1C)CC2O. The molecule has 0 spiro atoms. The van der Waals surface area contributed by atoms with E-state index < -0.39 is 6.10 Å². The van der Waals surface area contributed by atoms with Gasteiger partial charge in [-0.15, -0.1) is 0 Å². The molecule has 0 saturated heterocycles. The summed E-state index contributed by atoms with van der Waals surface area (Å²) in [5, 5.41) is 10.6. The second-order valence-electron chi connectivity index (χ2n) is 5.81. The van der Waals surface area contributed by atoms with Gasteiger partial charge in [-0.1, -0.05) is 6.07 Å². The summed E-state index contributed by atoms with van der Waals surface area (Å²) in [6.45, 7) is 4.00. The van der Waals surface area contributed by atoms with Gasteiger partial charge in [-0.05, 0) is 30.7 Å². The highest BCUT2D eigenvalue weighted by Gasteiger charge is 2.29. The number of aromatic nitrogens is 1. The minimum absolute atomic E-state index is 0.548. The number of benzene rings is 1. The van der Waals surface area contributed by atoms with Gasteiger partial charge < -0.3 is 14.6 Å². The molecule has 1 atom stereocenters. The van der Waals surface area contributed by atoms with Crippen molar-refractivity contribution in [2.45, 2.75) is 26.1 Å². The molecule has 1 aromatic heterocycles. The van der Waals surface area contributed by atoms with Crippen LogP contribution in [0, 0.1) is 6.92 Å². The summed E-state index contributed by atoms with van der Waals surface area (Å²) in [5.74, 6) is 1.49. The van der Waals surface area contributed by atoms with Gasteiger partial charge in [0, 0.05) is 37.0 Å². The van der Waals surface area contributed by atoms with Gasteiger partial charge in [0.05, 0.1) is 26.0 Å². The number of hydrogen-bond donors (Lipinski definition) is 1. The average Bonchev–Trinajstić information content (AvgIpc) is 2.56. The molecule has 2 aromatic rings. The van der Waals surface area contributed by atoms with E-state index in [-0.39, 0.29) is 0 Å².